The average molecular weight is 223 g/mol. The third kappa shape index (κ3) is 3.51. The molecule has 14 heavy (non-hydrogen) atoms. The molecule has 1 rings (SSSR count). The molecular formula is C7H13NO5S. The average Bonchev–Trinajstić information content (AvgIpc) is 2.02. The molecule has 0 aromatic heterocycles. The van der Waals surface area contributed by atoms with Crippen LogP contribution in [0.25, 0.3) is 0 Å². The van der Waals surface area contributed by atoms with Crippen LogP contribution in [0.3, 0.4) is 0 Å². The van der Waals surface area contributed by atoms with Crippen molar-refractivity contribution in [1.82, 2.24) is 4.90 Å². The molecule has 6 nitrogen and oxygen atoms in total. The zero-order chi connectivity index (χ0) is 10.8. The summed E-state index contributed by atoms with van der Waals surface area (Å²) in [6.45, 7) is 0.658. The topological polar surface area (TPSA) is 83.9 Å². The maximum atomic E-state index is 10.8. The van der Waals surface area contributed by atoms with Crippen molar-refractivity contribution in [3.63, 3.8) is 0 Å². The quantitative estimate of drug-likeness (QED) is 0.671. The van der Waals surface area contributed by atoms with Crippen molar-refractivity contribution in [2.24, 2.45) is 0 Å². The number of carbonyl (C=O) groups is 1. The lowest BCUT2D eigenvalue weighted by molar-refractivity contribution is 0.0934. The van der Waals surface area contributed by atoms with Gasteiger partial charge in [0.1, 0.15) is 0 Å². The second kappa shape index (κ2) is 4.14. The van der Waals surface area contributed by atoms with Crippen LogP contribution in [0.5, 0.6) is 0 Å². The summed E-state index contributed by atoms with van der Waals surface area (Å²) < 4.78 is 26.3. The number of piperidine rings is 1. The largest absolute Gasteiger partial charge is 0.465 e. The van der Waals surface area contributed by atoms with Crippen LogP contribution >= 0.6 is 0 Å². The van der Waals surface area contributed by atoms with Crippen LogP contribution in [-0.4, -0.2) is 50.0 Å². The first kappa shape index (κ1) is 11.3. The molecule has 0 saturated carbocycles. The Morgan fingerprint density at radius 1 is 1.43 bits per heavy atom. The van der Waals surface area contributed by atoms with Gasteiger partial charge in [-0.1, -0.05) is 0 Å². The normalized spacial score (nSPS) is 19.6. The van der Waals surface area contributed by atoms with Crippen LogP contribution in [0.15, 0.2) is 0 Å². The number of hydrogen-bond acceptors (Lipinski definition) is 4. The molecule has 0 atom stereocenters. The second-order valence-corrected chi connectivity index (χ2v) is 4.87. The van der Waals surface area contributed by atoms with E-state index in [9.17, 15) is 13.2 Å². The van der Waals surface area contributed by atoms with Gasteiger partial charge in [-0.3, -0.25) is 4.18 Å². The van der Waals surface area contributed by atoms with Gasteiger partial charge in [0, 0.05) is 13.1 Å². The summed E-state index contributed by atoms with van der Waals surface area (Å²) in [6, 6.07) is 0. The molecule has 0 aromatic carbocycles. The summed E-state index contributed by atoms with van der Waals surface area (Å²) in [7, 11) is -3.43. The zero-order valence-electron chi connectivity index (χ0n) is 7.84. The molecule has 1 fully saturated rings. The molecule has 1 aliphatic heterocycles. The Bertz CT molecular complexity index is 304. The van der Waals surface area contributed by atoms with E-state index in [1.54, 1.807) is 0 Å². The second-order valence-electron chi connectivity index (χ2n) is 3.27. The summed E-state index contributed by atoms with van der Waals surface area (Å²) in [5, 5.41) is 8.62. The first-order valence-electron chi connectivity index (χ1n) is 4.24. The minimum Gasteiger partial charge on any atom is -0.465 e. The molecule has 1 aliphatic rings. The van der Waals surface area contributed by atoms with Crippen LogP contribution < -0.4 is 0 Å². The van der Waals surface area contributed by atoms with Gasteiger partial charge < -0.3 is 10.0 Å². The molecule has 1 heterocycles. The van der Waals surface area contributed by atoms with E-state index in [0.717, 1.165) is 6.26 Å². The maximum Gasteiger partial charge on any atom is 0.407 e. The molecule has 0 spiro atoms. The number of nitrogens with zero attached hydrogens (tertiary/aromatic N) is 1. The van der Waals surface area contributed by atoms with Gasteiger partial charge in [0.05, 0.1) is 12.4 Å². The predicted octanol–water partition coefficient (Wildman–Crippen LogP) is 0.105. The van der Waals surface area contributed by atoms with Crippen LogP contribution in [-0.2, 0) is 14.3 Å². The fourth-order valence-electron chi connectivity index (χ4n) is 1.39. The predicted molar refractivity (Wildman–Crippen MR) is 48.5 cm³/mol. The van der Waals surface area contributed by atoms with Gasteiger partial charge >= 0.3 is 6.09 Å². The molecule has 82 valence electrons. The highest BCUT2D eigenvalue weighted by atomic mass is 32.2. The lowest BCUT2D eigenvalue weighted by Crippen LogP contribution is -2.40. The van der Waals surface area contributed by atoms with Gasteiger partial charge in [-0.25, -0.2) is 4.79 Å². The standard InChI is InChI=1S/C7H13NO5S/c1-14(11,12)13-6-2-4-8(5-3-6)7(9)10/h6H,2-5H2,1H3,(H,9,10). The number of rotatable bonds is 2. The Balaban J connectivity index is 2.40. The van der Waals surface area contributed by atoms with Gasteiger partial charge in [-0.2, -0.15) is 8.42 Å². The molecule has 0 bridgehead atoms. The first-order valence-corrected chi connectivity index (χ1v) is 6.06. The first-order chi connectivity index (χ1) is 6.38. The fraction of sp³-hybridized carbons (Fsp3) is 0.857. The Labute approximate surface area is 82.6 Å². The van der Waals surface area contributed by atoms with Crippen LogP contribution in [0.4, 0.5) is 4.79 Å². The van der Waals surface area contributed by atoms with Crippen molar-refractivity contribution >= 4 is 16.2 Å². The number of likely N-dealkylation sites (tertiary alicyclic amines) is 1. The molecule has 1 amide bonds. The van der Waals surface area contributed by atoms with Gasteiger partial charge in [-0.05, 0) is 12.8 Å². The molecule has 1 N–H and O–H groups in total. The number of carboxylic acid groups (broad SMARTS) is 1. The summed E-state index contributed by atoms with van der Waals surface area (Å²) in [5.74, 6) is 0. The van der Waals surface area contributed by atoms with Crippen LogP contribution in [0.1, 0.15) is 12.8 Å². The maximum absolute atomic E-state index is 10.8. The SMILES string of the molecule is CS(=O)(=O)OC1CCN(C(=O)O)CC1. The molecular weight excluding hydrogens is 210 g/mol. The molecule has 1 saturated heterocycles. The Kier molecular flexibility index (Phi) is 3.33. The van der Waals surface area contributed by atoms with Crippen LogP contribution in [0, 0.1) is 0 Å². The van der Waals surface area contributed by atoms with Crippen molar-refractivity contribution in [3.8, 4) is 0 Å². The molecule has 0 radical (unpaired) electrons. The van der Waals surface area contributed by atoms with E-state index in [1.165, 1.54) is 4.90 Å². The Morgan fingerprint density at radius 3 is 2.29 bits per heavy atom. The van der Waals surface area contributed by atoms with Gasteiger partial charge in [0.2, 0.25) is 0 Å². The smallest absolute Gasteiger partial charge is 0.407 e. The number of amides is 1. The van der Waals surface area contributed by atoms with Crippen molar-refractivity contribution in [3.05, 3.63) is 0 Å². The Hall–Kier alpha value is -0.820. The highest BCUT2D eigenvalue weighted by molar-refractivity contribution is 7.86. The van der Waals surface area contributed by atoms with Gasteiger partial charge in [0.15, 0.2) is 0 Å². The van der Waals surface area contributed by atoms with Crippen molar-refractivity contribution in [1.29, 1.82) is 0 Å². The third-order valence-electron chi connectivity index (χ3n) is 2.02. The van der Waals surface area contributed by atoms with E-state index in [0.29, 0.717) is 25.9 Å². The summed E-state index contributed by atoms with van der Waals surface area (Å²) in [5.41, 5.74) is 0. The van der Waals surface area contributed by atoms with Crippen LogP contribution in [0.2, 0.25) is 0 Å². The van der Waals surface area contributed by atoms with E-state index in [2.05, 4.69) is 0 Å². The van der Waals surface area contributed by atoms with E-state index in [-0.39, 0.29) is 6.10 Å². The molecule has 7 heteroatoms. The van der Waals surface area contributed by atoms with Crippen molar-refractivity contribution in [2.45, 2.75) is 18.9 Å². The minimum atomic E-state index is -3.43. The summed E-state index contributed by atoms with van der Waals surface area (Å²) in [6.07, 6.45) is 0.512. The molecule has 0 unspecified atom stereocenters. The van der Waals surface area contributed by atoms with E-state index in [1.807, 2.05) is 0 Å². The number of hydrogen-bond donors (Lipinski definition) is 1. The van der Waals surface area contributed by atoms with E-state index >= 15 is 0 Å². The Morgan fingerprint density at radius 2 is 1.93 bits per heavy atom. The molecule has 0 aromatic rings. The van der Waals surface area contributed by atoms with Gasteiger partial charge in [-0.15, -0.1) is 0 Å². The van der Waals surface area contributed by atoms with Crippen molar-refractivity contribution < 1.29 is 22.5 Å². The van der Waals surface area contributed by atoms with E-state index < -0.39 is 16.2 Å². The monoisotopic (exact) mass is 223 g/mol. The summed E-state index contributed by atoms with van der Waals surface area (Å²) >= 11 is 0. The third-order valence-corrected chi connectivity index (χ3v) is 2.65. The minimum absolute atomic E-state index is 0.329. The highest BCUT2D eigenvalue weighted by Gasteiger charge is 2.24. The highest BCUT2D eigenvalue weighted by Crippen LogP contribution is 2.15. The molecule has 0 aliphatic carbocycles. The fourth-order valence-corrected chi connectivity index (χ4v) is 2.08. The zero-order valence-corrected chi connectivity index (χ0v) is 8.66. The van der Waals surface area contributed by atoms with Gasteiger partial charge in [0.25, 0.3) is 10.1 Å². The summed E-state index contributed by atoms with van der Waals surface area (Å²) in [4.78, 5) is 11.8. The lowest BCUT2D eigenvalue weighted by atomic mass is 10.1. The lowest BCUT2D eigenvalue weighted by Gasteiger charge is -2.28. The van der Waals surface area contributed by atoms with E-state index in [4.69, 9.17) is 9.29 Å². The van der Waals surface area contributed by atoms with Crippen molar-refractivity contribution in [2.75, 3.05) is 19.3 Å².